The zero-order chi connectivity index (χ0) is 14.2. The average molecular weight is 329 g/mol. The molecule has 1 fully saturated rings. The maximum Gasteiger partial charge on any atom is 0.137 e. The highest BCUT2D eigenvalue weighted by atomic mass is 79.9. The van der Waals surface area contributed by atoms with E-state index in [0.29, 0.717) is 10.5 Å². The Kier molecular flexibility index (Phi) is 4.21. The summed E-state index contributed by atoms with van der Waals surface area (Å²) in [7, 11) is 0. The summed E-state index contributed by atoms with van der Waals surface area (Å²) >= 11 is 3.30. The number of piperazine rings is 1. The van der Waals surface area contributed by atoms with E-state index in [9.17, 15) is 4.39 Å². The molecule has 0 bridgehead atoms. The average Bonchev–Trinajstić information content (AvgIpc) is 2.37. The third-order valence-corrected chi connectivity index (χ3v) is 4.81. The molecule has 0 radical (unpaired) electrons. The van der Waals surface area contributed by atoms with Gasteiger partial charge in [0.25, 0.3) is 0 Å². The van der Waals surface area contributed by atoms with Crippen molar-refractivity contribution in [3.8, 4) is 0 Å². The molecule has 2 unspecified atom stereocenters. The van der Waals surface area contributed by atoms with E-state index in [-0.39, 0.29) is 11.4 Å². The standard InChI is InChI=1S/C15H22BrFN2/c1-5-15(4)9-19(11(3)8-18-15)14-7-12(16)13(17)6-10(14)2/h6-7,11,18H,5,8-9H2,1-4H3. The van der Waals surface area contributed by atoms with Crippen LogP contribution in [0.3, 0.4) is 0 Å². The van der Waals surface area contributed by atoms with Crippen molar-refractivity contribution in [3.63, 3.8) is 0 Å². The molecule has 0 spiro atoms. The lowest BCUT2D eigenvalue weighted by Gasteiger charge is -2.46. The predicted octanol–water partition coefficient (Wildman–Crippen LogP) is 3.86. The van der Waals surface area contributed by atoms with Gasteiger partial charge in [-0.3, -0.25) is 0 Å². The number of hydrogen-bond donors (Lipinski definition) is 1. The van der Waals surface area contributed by atoms with Gasteiger partial charge in [-0.15, -0.1) is 0 Å². The van der Waals surface area contributed by atoms with Crippen molar-refractivity contribution in [2.75, 3.05) is 18.0 Å². The molecule has 0 aromatic heterocycles. The van der Waals surface area contributed by atoms with Crippen LogP contribution in [-0.2, 0) is 0 Å². The molecule has 1 heterocycles. The van der Waals surface area contributed by atoms with Gasteiger partial charge in [0.05, 0.1) is 4.47 Å². The fourth-order valence-electron chi connectivity index (χ4n) is 2.60. The van der Waals surface area contributed by atoms with Crippen LogP contribution in [0.1, 0.15) is 32.8 Å². The topological polar surface area (TPSA) is 15.3 Å². The maximum absolute atomic E-state index is 13.6. The van der Waals surface area contributed by atoms with Gasteiger partial charge in [-0.1, -0.05) is 6.92 Å². The number of anilines is 1. The van der Waals surface area contributed by atoms with Gasteiger partial charge >= 0.3 is 0 Å². The summed E-state index contributed by atoms with van der Waals surface area (Å²) in [6.45, 7) is 10.5. The van der Waals surface area contributed by atoms with Crippen molar-refractivity contribution in [3.05, 3.63) is 28.0 Å². The predicted molar refractivity (Wildman–Crippen MR) is 82.3 cm³/mol. The summed E-state index contributed by atoms with van der Waals surface area (Å²) in [6.07, 6.45) is 1.08. The highest BCUT2D eigenvalue weighted by Crippen LogP contribution is 2.31. The Morgan fingerprint density at radius 2 is 2.21 bits per heavy atom. The Bertz CT molecular complexity index is 477. The minimum atomic E-state index is -0.192. The third-order valence-electron chi connectivity index (χ3n) is 4.20. The van der Waals surface area contributed by atoms with E-state index in [1.54, 1.807) is 6.07 Å². The Hall–Kier alpha value is -0.610. The van der Waals surface area contributed by atoms with Crippen molar-refractivity contribution in [1.29, 1.82) is 0 Å². The fraction of sp³-hybridized carbons (Fsp3) is 0.600. The van der Waals surface area contributed by atoms with E-state index in [1.165, 1.54) is 0 Å². The summed E-state index contributed by atoms with van der Waals surface area (Å²) in [4.78, 5) is 2.39. The molecule has 1 aliphatic heterocycles. The van der Waals surface area contributed by atoms with E-state index >= 15 is 0 Å². The second kappa shape index (κ2) is 5.41. The van der Waals surface area contributed by atoms with Crippen molar-refractivity contribution in [1.82, 2.24) is 5.32 Å². The van der Waals surface area contributed by atoms with Crippen molar-refractivity contribution >= 4 is 21.6 Å². The van der Waals surface area contributed by atoms with E-state index in [4.69, 9.17) is 0 Å². The highest BCUT2D eigenvalue weighted by molar-refractivity contribution is 9.10. The van der Waals surface area contributed by atoms with Crippen LogP contribution in [-0.4, -0.2) is 24.7 Å². The number of halogens is 2. The Labute approximate surface area is 123 Å². The van der Waals surface area contributed by atoms with Crippen LogP contribution < -0.4 is 10.2 Å². The number of rotatable bonds is 2. The zero-order valence-electron chi connectivity index (χ0n) is 12.1. The van der Waals surface area contributed by atoms with Crippen LogP contribution in [0.25, 0.3) is 0 Å². The Morgan fingerprint density at radius 3 is 2.84 bits per heavy atom. The smallest absolute Gasteiger partial charge is 0.137 e. The van der Waals surface area contributed by atoms with E-state index < -0.39 is 0 Å². The molecule has 1 aromatic rings. The van der Waals surface area contributed by atoms with Gasteiger partial charge in [0, 0.05) is 30.4 Å². The van der Waals surface area contributed by atoms with Gasteiger partial charge in [0.1, 0.15) is 5.82 Å². The van der Waals surface area contributed by atoms with Crippen LogP contribution in [0.5, 0.6) is 0 Å². The van der Waals surface area contributed by atoms with Gasteiger partial charge in [-0.2, -0.15) is 0 Å². The minimum Gasteiger partial charge on any atom is -0.365 e. The van der Waals surface area contributed by atoms with Crippen LogP contribution in [0.2, 0.25) is 0 Å². The number of benzene rings is 1. The summed E-state index contributed by atoms with van der Waals surface area (Å²) in [5.74, 6) is -0.192. The monoisotopic (exact) mass is 328 g/mol. The molecule has 0 saturated carbocycles. The number of nitrogens with zero attached hydrogens (tertiary/aromatic N) is 1. The SMILES string of the molecule is CCC1(C)CN(c2cc(Br)c(F)cc2C)C(C)CN1. The first-order valence-corrected chi connectivity index (χ1v) is 7.63. The van der Waals surface area contributed by atoms with Crippen molar-refractivity contribution in [2.45, 2.75) is 45.7 Å². The van der Waals surface area contributed by atoms with Crippen LogP contribution >= 0.6 is 15.9 Å². The first-order chi connectivity index (χ1) is 8.86. The molecule has 0 amide bonds. The minimum absolute atomic E-state index is 0.125. The zero-order valence-corrected chi connectivity index (χ0v) is 13.6. The second-order valence-electron chi connectivity index (χ2n) is 5.82. The molecular weight excluding hydrogens is 307 g/mol. The highest BCUT2D eigenvalue weighted by Gasteiger charge is 2.33. The van der Waals surface area contributed by atoms with Crippen molar-refractivity contribution in [2.24, 2.45) is 0 Å². The summed E-state index contributed by atoms with van der Waals surface area (Å²) in [5, 5.41) is 3.61. The molecule has 106 valence electrons. The van der Waals surface area contributed by atoms with Gasteiger partial charge < -0.3 is 10.2 Å². The van der Waals surface area contributed by atoms with E-state index in [1.807, 2.05) is 13.0 Å². The molecule has 0 aliphatic carbocycles. The quantitative estimate of drug-likeness (QED) is 0.886. The molecule has 1 aromatic carbocycles. The van der Waals surface area contributed by atoms with Crippen molar-refractivity contribution < 1.29 is 4.39 Å². The first-order valence-electron chi connectivity index (χ1n) is 6.83. The first kappa shape index (κ1) is 14.8. The summed E-state index contributed by atoms with van der Waals surface area (Å²) in [5.41, 5.74) is 2.25. The summed E-state index contributed by atoms with van der Waals surface area (Å²) in [6, 6.07) is 3.93. The van der Waals surface area contributed by atoms with Gasteiger partial charge in [-0.05, 0) is 60.8 Å². The van der Waals surface area contributed by atoms with Crippen LogP contribution in [0.15, 0.2) is 16.6 Å². The molecule has 2 nitrogen and oxygen atoms in total. The summed E-state index contributed by atoms with van der Waals surface area (Å²) < 4.78 is 14.1. The lowest BCUT2D eigenvalue weighted by molar-refractivity contribution is 0.285. The molecular formula is C15H22BrFN2. The Balaban J connectivity index is 2.36. The number of aryl methyl sites for hydroxylation is 1. The lowest BCUT2D eigenvalue weighted by Crippen LogP contribution is -2.62. The second-order valence-corrected chi connectivity index (χ2v) is 6.68. The van der Waals surface area contributed by atoms with Crippen LogP contribution in [0, 0.1) is 12.7 Å². The molecule has 2 atom stereocenters. The molecule has 1 saturated heterocycles. The fourth-order valence-corrected chi connectivity index (χ4v) is 2.93. The van der Waals surface area contributed by atoms with Gasteiger partial charge in [0.15, 0.2) is 0 Å². The number of hydrogen-bond acceptors (Lipinski definition) is 2. The van der Waals surface area contributed by atoms with E-state index in [2.05, 4.69) is 46.9 Å². The molecule has 1 aliphatic rings. The third kappa shape index (κ3) is 2.95. The largest absolute Gasteiger partial charge is 0.365 e. The van der Waals surface area contributed by atoms with E-state index in [0.717, 1.165) is 30.8 Å². The molecule has 1 N–H and O–H groups in total. The lowest BCUT2D eigenvalue weighted by atomic mass is 9.93. The van der Waals surface area contributed by atoms with Gasteiger partial charge in [0.2, 0.25) is 0 Å². The molecule has 19 heavy (non-hydrogen) atoms. The molecule has 2 rings (SSSR count). The van der Waals surface area contributed by atoms with Gasteiger partial charge in [-0.25, -0.2) is 4.39 Å². The Morgan fingerprint density at radius 1 is 1.53 bits per heavy atom. The van der Waals surface area contributed by atoms with Crippen LogP contribution in [0.4, 0.5) is 10.1 Å². The number of nitrogens with one attached hydrogen (secondary N) is 1. The normalized spacial score (nSPS) is 27.7. The maximum atomic E-state index is 13.6. The molecule has 4 heteroatoms.